The molecule has 0 aliphatic rings. The largest absolute Gasteiger partial charge is 0.324 e. The van der Waals surface area contributed by atoms with Gasteiger partial charge in [0.1, 0.15) is 0 Å². The fraction of sp³-hybridized carbons (Fsp3) is 0.438. The van der Waals surface area contributed by atoms with Gasteiger partial charge in [-0.1, -0.05) is 32.0 Å². The average molecular weight is 273 g/mol. The summed E-state index contributed by atoms with van der Waals surface area (Å²) in [6.07, 6.45) is 5.42. The van der Waals surface area contributed by atoms with Crippen LogP contribution in [0.4, 0.5) is 5.69 Å². The van der Waals surface area contributed by atoms with E-state index < -0.39 is 6.04 Å². The van der Waals surface area contributed by atoms with Gasteiger partial charge in [-0.15, -0.1) is 12.3 Å². The zero-order valence-electron chi connectivity index (χ0n) is 12.2. The molecule has 1 atom stereocenters. The van der Waals surface area contributed by atoms with Crippen LogP contribution in [0.25, 0.3) is 0 Å². The minimum atomic E-state index is -0.665. The fourth-order valence-corrected chi connectivity index (χ4v) is 1.91. The lowest BCUT2D eigenvalue weighted by molar-refractivity contribution is -0.117. The number of nitrogens with two attached hydrogens (primary N) is 1. The molecule has 4 heteroatoms. The molecular weight excluding hydrogens is 250 g/mol. The average Bonchev–Trinajstić information content (AvgIpc) is 2.46. The maximum Gasteiger partial charge on any atom is 0.242 e. The van der Waals surface area contributed by atoms with Gasteiger partial charge in [0, 0.05) is 18.7 Å². The first-order chi connectivity index (χ1) is 9.62. The Labute approximate surface area is 121 Å². The van der Waals surface area contributed by atoms with Gasteiger partial charge in [0.15, 0.2) is 0 Å². The van der Waals surface area contributed by atoms with E-state index in [2.05, 4.69) is 30.0 Å². The molecule has 0 fully saturated rings. The van der Waals surface area contributed by atoms with Gasteiger partial charge in [-0.25, -0.2) is 0 Å². The van der Waals surface area contributed by atoms with Crippen LogP contribution in [0.1, 0.15) is 25.8 Å². The number of hydrogen-bond acceptors (Lipinski definition) is 3. The second kappa shape index (κ2) is 8.36. The van der Waals surface area contributed by atoms with Crippen molar-refractivity contribution in [2.75, 3.05) is 18.4 Å². The molecule has 20 heavy (non-hydrogen) atoms. The van der Waals surface area contributed by atoms with Crippen molar-refractivity contribution >= 4 is 11.6 Å². The lowest BCUT2D eigenvalue weighted by Crippen LogP contribution is -2.35. The van der Waals surface area contributed by atoms with Crippen LogP contribution < -0.4 is 11.1 Å². The van der Waals surface area contributed by atoms with Crippen molar-refractivity contribution in [1.29, 1.82) is 0 Å². The number of anilines is 1. The van der Waals surface area contributed by atoms with Crippen LogP contribution in [0, 0.1) is 12.3 Å². The van der Waals surface area contributed by atoms with Gasteiger partial charge in [0.2, 0.25) is 5.91 Å². The molecule has 0 saturated heterocycles. The van der Waals surface area contributed by atoms with Gasteiger partial charge in [-0.3, -0.25) is 9.69 Å². The molecule has 4 nitrogen and oxygen atoms in total. The number of terminal acetylenes is 1. The molecule has 1 amide bonds. The monoisotopic (exact) mass is 273 g/mol. The number of para-hydroxylation sites is 1. The van der Waals surface area contributed by atoms with Crippen LogP contribution in [0.5, 0.6) is 0 Å². The highest BCUT2D eigenvalue weighted by atomic mass is 16.2. The third-order valence-electron chi connectivity index (χ3n) is 3.24. The molecule has 0 radical (unpaired) electrons. The molecule has 1 aromatic carbocycles. The summed E-state index contributed by atoms with van der Waals surface area (Å²) >= 11 is 0. The molecule has 0 aromatic heterocycles. The minimum Gasteiger partial charge on any atom is -0.324 e. The second-order valence-corrected chi connectivity index (χ2v) is 4.62. The summed E-state index contributed by atoms with van der Waals surface area (Å²) in [5, 5.41) is 2.86. The Balaban J connectivity index is 2.80. The maximum absolute atomic E-state index is 11.9. The quantitative estimate of drug-likeness (QED) is 0.745. The van der Waals surface area contributed by atoms with E-state index in [-0.39, 0.29) is 12.3 Å². The van der Waals surface area contributed by atoms with Crippen LogP contribution >= 0.6 is 0 Å². The highest BCUT2D eigenvalue weighted by Gasteiger charge is 2.14. The van der Waals surface area contributed by atoms with Crippen molar-refractivity contribution < 1.29 is 4.79 Å². The third-order valence-corrected chi connectivity index (χ3v) is 3.24. The van der Waals surface area contributed by atoms with Crippen molar-refractivity contribution in [3.8, 4) is 12.3 Å². The zero-order valence-corrected chi connectivity index (χ0v) is 12.2. The molecule has 3 N–H and O–H groups in total. The smallest absolute Gasteiger partial charge is 0.242 e. The number of hydrogen-bond donors (Lipinski definition) is 2. The number of nitrogens with zero attached hydrogens (tertiary/aromatic N) is 1. The van der Waals surface area contributed by atoms with Crippen LogP contribution in [0.3, 0.4) is 0 Å². The first-order valence-electron chi connectivity index (χ1n) is 6.92. The van der Waals surface area contributed by atoms with E-state index in [9.17, 15) is 4.79 Å². The summed E-state index contributed by atoms with van der Waals surface area (Å²) in [6.45, 7) is 6.97. The fourth-order valence-electron chi connectivity index (χ4n) is 1.91. The van der Waals surface area contributed by atoms with Crippen molar-refractivity contribution in [2.45, 2.75) is 32.9 Å². The Morgan fingerprint density at radius 3 is 2.65 bits per heavy atom. The lowest BCUT2D eigenvalue weighted by atomic mass is 10.1. The number of amides is 1. The van der Waals surface area contributed by atoms with Crippen molar-refractivity contribution in [3.05, 3.63) is 29.8 Å². The minimum absolute atomic E-state index is 0.240. The standard InChI is InChI=1S/C16H23N3O/c1-4-9-14(17)16(20)18-15-11-8-7-10-13(15)12-19(5-2)6-3/h1,7-8,10-11,14H,5-6,9,12,17H2,2-3H3,(H,18,20). The third kappa shape index (κ3) is 4.69. The van der Waals surface area contributed by atoms with E-state index in [1.807, 2.05) is 24.3 Å². The van der Waals surface area contributed by atoms with E-state index in [0.29, 0.717) is 0 Å². The molecule has 1 unspecified atom stereocenters. The summed E-state index contributed by atoms with van der Waals surface area (Å²) in [5.74, 6) is 2.16. The predicted octanol–water partition coefficient (Wildman–Crippen LogP) is 1.82. The van der Waals surface area contributed by atoms with E-state index in [1.165, 1.54) is 0 Å². The summed E-state index contributed by atoms with van der Waals surface area (Å²) < 4.78 is 0. The highest BCUT2D eigenvalue weighted by Crippen LogP contribution is 2.17. The van der Waals surface area contributed by atoms with E-state index in [0.717, 1.165) is 30.9 Å². The molecular formula is C16H23N3O. The first-order valence-corrected chi connectivity index (χ1v) is 6.92. The van der Waals surface area contributed by atoms with Crippen LogP contribution in [-0.4, -0.2) is 29.9 Å². The number of benzene rings is 1. The second-order valence-electron chi connectivity index (χ2n) is 4.62. The summed E-state index contributed by atoms with van der Waals surface area (Å²) in [4.78, 5) is 14.2. The number of nitrogens with one attached hydrogen (secondary N) is 1. The predicted molar refractivity (Wildman–Crippen MR) is 83.1 cm³/mol. The molecule has 0 saturated carbocycles. The molecule has 1 aromatic rings. The Bertz CT molecular complexity index is 475. The van der Waals surface area contributed by atoms with Crippen LogP contribution in [-0.2, 0) is 11.3 Å². The maximum atomic E-state index is 11.9. The summed E-state index contributed by atoms with van der Waals surface area (Å²) in [5.41, 5.74) is 7.60. The van der Waals surface area contributed by atoms with Gasteiger partial charge in [0.05, 0.1) is 6.04 Å². The van der Waals surface area contributed by atoms with Crippen molar-refractivity contribution in [2.24, 2.45) is 5.73 Å². The number of carbonyl (C=O) groups is 1. The van der Waals surface area contributed by atoms with E-state index in [1.54, 1.807) is 0 Å². The van der Waals surface area contributed by atoms with Crippen LogP contribution in [0.2, 0.25) is 0 Å². The Morgan fingerprint density at radius 1 is 1.40 bits per heavy atom. The SMILES string of the molecule is C#CCC(N)C(=O)Nc1ccccc1CN(CC)CC. The zero-order chi connectivity index (χ0) is 15.0. The van der Waals surface area contributed by atoms with Gasteiger partial charge in [0.25, 0.3) is 0 Å². The molecule has 0 heterocycles. The summed E-state index contributed by atoms with van der Waals surface area (Å²) in [7, 11) is 0. The van der Waals surface area contributed by atoms with Crippen molar-refractivity contribution in [1.82, 2.24) is 4.90 Å². The molecule has 0 spiro atoms. The molecule has 108 valence electrons. The number of carbonyl (C=O) groups excluding carboxylic acids is 1. The topological polar surface area (TPSA) is 58.4 Å². The highest BCUT2D eigenvalue weighted by molar-refractivity contribution is 5.95. The lowest BCUT2D eigenvalue weighted by Gasteiger charge is -2.20. The molecule has 0 aliphatic heterocycles. The van der Waals surface area contributed by atoms with E-state index >= 15 is 0 Å². The van der Waals surface area contributed by atoms with Crippen molar-refractivity contribution in [3.63, 3.8) is 0 Å². The Kier molecular flexibility index (Phi) is 6.78. The number of rotatable bonds is 7. The van der Waals surface area contributed by atoms with Gasteiger partial charge in [-0.05, 0) is 24.7 Å². The normalized spacial score (nSPS) is 11.9. The Morgan fingerprint density at radius 2 is 2.05 bits per heavy atom. The van der Waals surface area contributed by atoms with Gasteiger partial charge < -0.3 is 11.1 Å². The van der Waals surface area contributed by atoms with Crippen LogP contribution in [0.15, 0.2) is 24.3 Å². The molecule has 0 bridgehead atoms. The van der Waals surface area contributed by atoms with Gasteiger partial charge in [-0.2, -0.15) is 0 Å². The van der Waals surface area contributed by atoms with E-state index in [4.69, 9.17) is 12.2 Å². The summed E-state index contributed by atoms with van der Waals surface area (Å²) in [6, 6.07) is 7.10. The molecule has 1 rings (SSSR count). The first kappa shape index (κ1) is 16.2. The van der Waals surface area contributed by atoms with Gasteiger partial charge >= 0.3 is 0 Å². The molecule has 0 aliphatic carbocycles. The Hall–Kier alpha value is -1.83.